The third kappa shape index (κ3) is 5.17. The average molecular weight is 421 g/mol. The number of halogens is 4. The number of allylic oxidation sites excluding steroid dienone is 6. The molecule has 0 aliphatic heterocycles. The maximum atomic E-state index is 13.4. The SMILES string of the molecule is C\C=C/C(=C\C(=C\CC)C(F)(F)F)c1nc2c(o1)CCCC2Nc1ccc(F)cn1. The van der Waals surface area contributed by atoms with Crippen molar-refractivity contribution in [2.45, 2.75) is 51.7 Å². The van der Waals surface area contributed by atoms with E-state index in [1.54, 1.807) is 26.0 Å². The molecule has 1 unspecified atom stereocenters. The van der Waals surface area contributed by atoms with E-state index in [9.17, 15) is 17.6 Å². The van der Waals surface area contributed by atoms with Crippen LogP contribution >= 0.6 is 0 Å². The molecule has 0 saturated carbocycles. The van der Waals surface area contributed by atoms with Crippen LogP contribution in [0.5, 0.6) is 0 Å². The van der Waals surface area contributed by atoms with E-state index in [2.05, 4.69) is 15.3 Å². The van der Waals surface area contributed by atoms with Crippen molar-refractivity contribution in [2.24, 2.45) is 0 Å². The van der Waals surface area contributed by atoms with Gasteiger partial charge in [-0.05, 0) is 44.4 Å². The second-order valence-corrected chi connectivity index (χ2v) is 6.94. The molecule has 1 aliphatic rings. The summed E-state index contributed by atoms with van der Waals surface area (Å²) in [6.45, 7) is 3.37. The Balaban J connectivity index is 1.95. The van der Waals surface area contributed by atoms with Gasteiger partial charge in [0.2, 0.25) is 5.89 Å². The van der Waals surface area contributed by atoms with Crippen LogP contribution in [0.1, 0.15) is 56.5 Å². The van der Waals surface area contributed by atoms with Crippen LogP contribution in [0.3, 0.4) is 0 Å². The largest absolute Gasteiger partial charge is 0.441 e. The number of aromatic nitrogens is 2. The number of hydrogen-bond donors (Lipinski definition) is 1. The Morgan fingerprint density at radius 2 is 2.13 bits per heavy atom. The van der Waals surface area contributed by atoms with Gasteiger partial charge in [0.25, 0.3) is 0 Å². The molecule has 3 rings (SSSR count). The summed E-state index contributed by atoms with van der Waals surface area (Å²) in [7, 11) is 0. The van der Waals surface area contributed by atoms with Gasteiger partial charge in [0, 0.05) is 12.0 Å². The van der Waals surface area contributed by atoms with Crippen molar-refractivity contribution in [3.8, 4) is 0 Å². The molecule has 1 atom stereocenters. The van der Waals surface area contributed by atoms with E-state index >= 15 is 0 Å². The van der Waals surface area contributed by atoms with Crippen LogP contribution in [-0.4, -0.2) is 16.1 Å². The highest BCUT2D eigenvalue weighted by molar-refractivity contribution is 5.71. The Morgan fingerprint density at radius 3 is 2.77 bits per heavy atom. The zero-order valence-corrected chi connectivity index (χ0v) is 16.8. The highest BCUT2D eigenvalue weighted by atomic mass is 19.4. The van der Waals surface area contributed by atoms with E-state index in [0.29, 0.717) is 23.7 Å². The number of pyridine rings is 1. The molecule has 0 fully saturated rings. The van der Waals surface area contributed by atoms with Crippen molar-refractivity contribution in [1.82, 2.24) is 9.97 Å². The number of oxazole rings is 1. The summed E-state index contributed by atoms with van der Waals surface area (Å²) in [6.07, 6.45) is 4.53. The van der Waals surface area contributed by atoms with Crippen LogP contribution in [0.4, 0.5) is 23.4 Å². The number of nitrogens with one attached hydrogen (secondary N) is 1. The second-order valence-electron chi connectivity index (χ2n) is 6.94. The summed E-state index contributed by atoms with van der Waals surface area (Å²) in [6, 6.07) is 2.61. The topological polar surface area (TPSA) is 51.0 Å². The molecular formula is C22H23F4N3O. The Kier molecular flexibility index (Phi) is 6.74. The number of aryl methyl sites for hydroxylation is 1. The molecule has 0 spiro atoms. The number of hydrogen-bond acceptors (Lipinski definition) is 4. The quantitative estimate of drug-likeness (QED) is 0.424. The van der Waals surface area contributed by atoms with Crippen molar-refractivity contribution in [2.75, 3.05) is 5.32 Å². The van der Waals surface area contributed by atoms with Gasteiger partial charge >= 0.3 is 6.18 Å². The summed E-state index contributed by atoms with van der Waals surface area (Å²) in [5.74, 6) is 0.841. The summed E-state index contributed by atoms with van der Waals surface area (Å²) < 4.78 is 59.0. The van der Waals surface area contributed by atoms with Crippen LogP contribution in [0.15, 0.2) is 52.6 Å². The van der Waals surface area contributed by atoms with E-state index in [4.69, 9.17) is 4.42 Å². The Labute approximate surface area is 172 Å². The number of alkyl halides is 3. The summed E-state index contributed by atoms with van der Waals surface area (Å²) in [5.41, 5.74) is 0.160. The average Bonchev–Trinajstić information content (AvgIpc) is 3.13. The Hall–Kier alpha value is -2.90. The van der Waals surface area contributed by atoms with Crippen molar-refractivity contribution < 1.29 is 22.0 Å². The molecule has 2 heterocycles. The minimum absolute atomic E-state index is 0.144. The molecule has 4 nitrogen and oxygen atoms in total. The van der Waals surface area contributed by atoms with Gasteiger partial charge < -0.3 is 9.73 Å². The zero-order chi connectivity index (χ0) is 21.7. The van der Waals surface area contributed by atoms with Crippen molar-refractivity contribution >= 4 is 11.4 Å². The molecule has 0 bridgehead atoms. The number of rotatable bonds is 6. The van der Waals surface area contributed by atoms with Gasteiger partial charge in [-0.1, -0.05) is 25.2 Å². The van der Waals surface area contributed by atoms with Crippen molar-refractivity contribution in [3.63, 3.8) is 0 Å². The normalized spacial score (nSPS) is 18.0. The molecule has 160 valence electrons. The van der Waals surface area contributed by atoms with Crippen molar-refractivity contribution in [3.05, 3.63) is 71.4 Å². The fourth-order valence-corrected chi connectivity index (χ4v) is 3.33. The first-order valence-electron chi connectivity index (χ1n) is 9.81. The van der Waals surface area contributed by atoms with E-state index < -0.39 is 17.6 Å². The first kappa shape index (κ1) is 21.8. The smallest absolute Gasteiger partial charge is 0.416 e. The van der Waals surface area contributed by atoms with Crippen LogP contribution in [-0.2, 0) is 6.42 Å². The van der Waals surface area contributed by atoms with Crippen LogP contribution in [0.2, 0.25) is 0 Å². The highest BCUT2D eigenvalue weighted by Gasteiger charge is 2.33. The molecular weight excluding hydrogens is 398 g/mol. The molecule has 30 heavy (non-hydrogen) atoms. The molecule has 0 aromatic carbocycles. The minimum Gasteiger partial charge on any atom is -0.441 e. The zero-order valence-electron chi connectivity index (χ0n) is 16.8. The maximum absolute atomic E-state index is 13.4. The second kappa shape index (κ2) is 9.28. The van der Waals surface area contributed by atoms with Crippen molar-refractivity contribution in [1.29, 1.82) is 0 Å². The number of anilines is 1. The highest BCUT2D eigenvalue weighted by Crippen LogP contribution is 2.35. The summed E-state index contributed by atoms with van der Waals surface area (Å²) in [5, 5.41) is 3.20. The van der Waals surface area contributed by atoms with Crippen LogP contribution in [0, 0.1) is 5.82 Å². The molecule has 0 saturated heterocycles. The standard InChI is InChI=1S/C22H23F4N3O/c1-3-6-14(12-15(7-4-2)22(24,25)26)21-29-20-17(8-5-9-18(20)30-21)28-19-11-10-16(23)13-27-19/h3,6-7,10-13,17H,4-5,8-9H2,1-2H3,(H,27,28)/b6-3-,14-12+,15-7-. The molecule has 1 N–H and O–H groups in total. The lowest BCUT2D eigenvalue weighted by Crippen LogP contribution is -2.17. The third-order valence-electron chi connectivity index (χ3n) is 4.66. The minimum atomic E-state index is -4.46. The predicted molar refractivity (Wildman–Crippen MR) is 107 cm³/mol. The lowest BCUT2D eigenvalue weighted by atomic mass is 9.97. The molecule has 8 heteroatoms. The third-order valence-corrected chi connectivity index (χ3v) is 4.66. The molecule has 1 aliphatic carbocycles. The Morgan fingerprint density at radius 1 is 1.33 bits per heavy atom. The fraction of sp³-hybridized carbons (Fsp3) is 0.364. The van der Waals surface area contributed by atoms with Gasteiger partial charge in [0.1, 0.15) is 23.1 Å². The van der Waals surface area contributed by atoms with Gasteiger partial charge in [-0.2, -0.15) is 13.2 Å². The maximum Gasteiger partial charge on any atom is 0.416 e. The van der Waals surface area contributed by atoms with Gasteiger partial charge in [-0.3, -0.25) is 0 Å². The molecule has 2 aromatic heterocycles. The van der Waals surface area contributed by atoms with Crippen LogP contribution in [0.25, 0.3) is 5.57 Å². The molecule has 0 amide bonds. The van der Waals surface area contributed by atoms with E-state index in [1.165, 1.54) is 12.1 Å². The number of nitrogens with zero attached hydrogens (tertiary/aromatic N) is 2. The first-order chi connectivity index (χ1) is 14.3. The lowest BCUT2D eigenvalue weighted by Gasteiger charge is -2.21. The van der Waals surface area contributed by atoms with Gasteiger partial charge in [-0.15, -0.1) is 0 Å². The first-order valence-corrected chi connectivity index (χ1v) is 9.81. The van der Waals surface area contributed by atoms with Gasteiger partial charge in [0.15, 0.2) is 0 Å². The number of fused-ring (bicyclic) bond motifs is 1. The predicted octanol–water partition coefficient (Wildman–Crippen LogP) is 6.56. The molecule has 0 radical (unpaired) electrons. The van der Waals surface area contributed by atoms with Gasteiger partial charge in [-0.25, -0.2) is 14.4 Å². The fourth-order valence-electron chi connectivity index (χ4n) is 3.33. The van der Waals surface area contributed by atoms with Crippen LogP contribution < -0.4 is 5.32 Å². The molecule has 2 aromatic rings. The summed E-state index contributed by atoms with van der Waals surface area (Å²) >= 11 is 0. The van der Waals surface area contributed by atoms with E-state index in [0.717, 1.165) is 31.2 Å². The van der Waals surface area contributed by atoms with Gasteiger partial charge in [0.05, 0.1) is 17.8 Å². The lowest BCUT2D eigenvalue weighted by molar-refractivity contribution is -0.0883. The van der Waals surface area contributed by atoms with E-state index in [1.807, 2.05) is 0 Å². The monoisotopic (exact) mass is 421 g/mol. The van der Waals surface area contributed by atoms with E-state index in [-0.39, 0.29) is 23.9 Å². The summed E-state index contributed by atoms with van der Waals surface area (Å²) in [4.78, 5) is 8.52. The Bertz CT molecular complexity index is 956.